The molecule has 1 N–H and O–H groups in total. The Bertz CT molecular complexity index is 1480. The number of anilines is 1. The molecule has 3 aromatic heterocycles. The first kappa shape index (κ1) is 22.5. The van der Waals surface area contributed by atoms with E-state index in [-0.39, 0.29) is 12.5 Å². The summed E-state index contributed by atoms with van der Waals surface area (Å²) in [5.74, 6) is 1.45. The molecule has 1 aromatic carbocycles. The first-order chi connectivity index (χ1) is 16.9. The summed E-state index contributed by atoms with van der Waals surface area (Å²) < 4.78 is 8.92. The first-order valence-electron chi connectivity index (χ1n) is 11.4. The number of pyridine rings is 1. The topological polar surface area (TPSA) is 105 Å². The number of rotatable bonds is 5. The van der Waals surface area contributed by atoms with Crippen LogP contribution in [0.5, 0.6) is 5.75 Å². The number of hydrogen-bond donors (Lipinski definition) is 1. The van der Waals surface area contributed by atoms with Gasteiger partial charge in [-0.25, -0.2) is 9.78 Å². The molecule has 1 amide bonds. The molecule has 180 valence electrons. The molecular weight excluding hydrogens is 448 g/mol. The molecule has 1 saturated heterocycles. The number of carbonyl (C=O) groups is 1. The van der Waals surface area contributed by atoms with E-state index in [2.05, 4.69) is 14.9 Å². The maximum absolute atomic E-state index is 12.6. The van der Waals surface area contributed by atoms with Crippen LogP contribution >= 0.6 is 0 Å². The van der Waals surface area contributed by atoms with Crippen molar-refractivity contribution >= 4 is 22.8 Å². The number of aryl methyl sites for hydroxylation is 2. The molecule has 35 heavy (non-hydrogen) atoms. The Hall–Kier alpha value is -4.34. The fraction of sp³-hybridized carbons (Fsp3) is 0.280. The zero-order valence-electron chi connectivity index (χ0n) is 19.6. The number of benzene rings is 1. The first-order valence-corrected chi connectivity index (χ1v) is 11.4. The number of nitrogens with one attached hydrogen (secondary N) is 1. The fourth-order valence-corrected chi connectivity index (χ4v) is 4.42. The zero-order chi connectivity index (χ0) is 24.5. The summed E-state index contributed by atoms with van der Waals surface area (Å²) in [6.45, 7) is 2.68. The third-order valence-corrected chi connectivity index (χ3v) is 6.43. The minimum Gasteiger partial charge on any atom is -0.484 e. The van der Waals surface area contributed by atoms with Crippen LogP contribution in [0.15, 0.2) is 64.3 Å². The van der Waals surface area contributed by atoms with Gasteiger partial charge in [0.2, 0.25) is 0 Å². The van der Waals surface area contributed by atoms with Crippen LogP contribution in [0.25, 0.3) is 22.3 Å². The number of ether oxygens (including phenoxy) is 1. The second kappa shape index (κ2) is 9.13. The lowest BCUT2D eigenvalue weighted by Crippen LogP contribution is -2.50. The third kappa shape index (κ3) is 4.30. The second-order valence-electron chi connectivity index (χ2n) is 8.51. The summed E-state index contributed by atoms with van der Waals surface area (Å²) in [6, 6.07) is 15.0. The van der Waals surface area contributed by atoms with Crippen LogP contribution in [0.2, 0.25) is 0 Å². The molecule has 0 atom stereocenters. The van der Waals surface area contributed by atoms with E-state index in [0.29, 0.717) is 29.9 Å². The van der Waals surface area contributed by atoms with Crippen LogP contribution in [0, 0.1) is 0 Å². The van der Waals surface area contributed by atoms with Crippen molar-refractivity contribution in [2.75, 3.05) is 37.7 Å². The summed E-state index contributed by atoms with van der Waals surface area (Å²) in [5, 5.41) is 0. The lowest BCUT2D eigenvalue weighted by molar-refractivity contribution is -0.133. The number of amides is 1. The summed E-state index contributed by atoms with van der Waals surface area (Å²) in [7, 11) is 3.41. The summed E-state index contributed by atoms with van der Waals surface area (Å²) in [5.41, 5.74) is 1.77. The van der Waals surface area contributed by atoms with Crippen molar-refractivity contribution in [1.82, 2.24) is 24.0 Å². The highest BCUT2D eigenvalue weighted by molar-refractivity contribution is 5.83. The zero-order valence-corrected chi connectivity index (χ0v) is 19.6. The molecule has 1 aliphatic rings. The average molecular weight is 475 g/mol. The van der Waals surface area contributed by atoms with Crippen LogP contribution in [0.1, 0.15) is 0 Å². The highest BCUT2D eigenvalue weighted by atomic mass is 16.5. The van der Waals surface area contributed by atoms with Gasteiger partial charge in [0.15, 0.2) is 6.61 Å². The van der Waals surface area contributed by atoms with E-state index < -0.39 is 11.2 Å². The van der Waals surface area contributed by atoms with Gasteiger partial charge >= 0.3 is 5.69 Å². The molecular formula is C25H26N6O4. The number of hydrogen-bond acceptors (Lipinski definition) is 6. The lowest BCUT2D eigenvalue weighted by Gasteiger charge is -2.35. The van der Waals surface area contributed by atoms with E-state index in [4.69, 9.17) is 4.74 Å². The van der Waals surface area contributed by atoms with Crippen molar-refractivity contribution in [3.8, 4) is 17.0 Å². The number of carbonyl (C=O) groups excluding carboxylic acids is 1. The van der Waals surface area contributed by atoms with Gasteiger partial charge in [-0.3, -0.25) is 19.1 Å². The molecule has 5 rings (SSSR count). The van der Waals surface area contributed by atoms with E-state index >= 15 is 0 Å². The summed E-state index contributed by atoms with van der Waals surface area (Å²) in [4.78, 5) is 47.5. The average Bonchev–Trinajstić information content (AvgIpc) is 3.24. The van der Waals surface area contributed by atoms with E-state index in [1.165, 1.54) is 4.57 Å². The number of H-pyrrole nitrogens is 1. The van der Waals surface area contributed by atoms with Crippen LogP contribution in [0.4, 0.5) is 5.82 Å². The Morgan fingerprint density at radius 1 is 1.00 bits per heavy atom. The minimum absolute atomic E-state index is 0.0333. The van der Waals surface area contributed by atoms with Crippen molar-refractivity contribution in [1.29, 1.82) is 0 Å². The maximum atomic E-state index is 12.6. The predicted octanol–water partition coefficient (Wildman–Crippen LogP) is 1.35. The van der Waals surface area contributed by atoms with Crippen molar-refractivity contribution in [3.63, 3.8) is 0 Å². The largest absolute Gasteiger partial charge is 0.484 e. The van der Waals surface area contributed by atoms with E-state index in [0.717, 1.165) is 30.2 Å². The number of aromatic amines is 1. The molecule has 0 bridgehead atoms. The van der Waals surface area contributed by atoms with Crippen molar-refractivity contribution < 1.29 is 9.53 Å². The molecule has 4 aromatic rings. The molecule has 10 nitrogen and oxygen atoms in total. The Morgan fingerprint density at radius 3 is 2.43 bits per heavy atom. The van der Waals surface area contributed by atoms with Gasteiger partial charge < -0.3 is 19.1 Å². The Labute approximate surface area is 201 Å². The molecule has 4 heterocycles. The molecule has 0 spiro atoms. The molecule has 0 aliphatic carbocycles. The third-order valence-electron chi connectivity index (χ3n) is 6.43. The SMILES string of the molecule is Cn1c(-c2ccc(OCC(=O)N3CCN(c4ccccn4)CC3)cc2)cc2c1c(=O)[nH]c(=O)n2C. The normalized spacial score (nSPS) is 13.9. The van der Waals surface area contributed by atoms with Gasteiger partial charge in [0.25, 0.3) is 11.5 Å². The van der Waals surface area contributed by atoms with Crippen LogP contribution in [-0.2, 0) is 18.9 Å². The molecule has 0 saturated carbocycles. The highest BCUT2D eigenvalue weighted by Gasteiger charge is 2.22. The van der Waals surface area contributed by atoms with Crippen molar-refractivity contribution in [3.05, 3.63) is 75.6 Å². The molecule has 1 fully saturated rings. The molecule has 10 heteroatoms. The van der Waals surface area contributed by atoms with E-state index in [1.807, 2.05) is 41.3 Å². The number of fused-ring (bicyclic) bond motifs is 1. The van der Waals surface area contributed by atoms with Gasteiger partial charge in [-0.15, -0.1) is 0 Å². The lowest BCUT2D eigenvalue weighted by atomic mass is 10.1. The maximum Gasteiger partial charge on any atom is 0.328 e. The van der Waals surface area contributed by atoms with Gasteiger partial charge in [0.05, 0.1) is 11.2 Å². The number of aromatic nitrogens is 4. The highest BCUT2D eigenvalue weighted by Crippen LogP contribution is 2.26. The van der Waals surface area contributed by atoms with E-state index in [9.17, 15) is 14.4 Å². The molecule has 1 aliphatic heterocycles. The molecule has 0 unspecified atom stereocenters. The van der Waals surface area contributed by atoms with Gasteiger partial charge in [0.1, 0.15) is 17.1 Å². The van der Waals surface area contributed by atoms with Crippen molar-refractivity contribution in [2.24, 2.45) is 14.1 Å². The van der Waals surface area contributed by atoms with Gasteiger partial charge in [-0.05, 0) is 48.0 Å². The summed E-state index contributed by atoms with van der Waals surface area (Å²) in [6.07, 6.45) is 1.77. The quantitative estimate of drug-likeness (QED) is 0.468. The van der Waals surface area contributed by atoms with Gasteiger partial charge in [-0.2, -0.15) is 0 Å². The van der Waals surface area contributed by atoms with Gasteiger partial charge in [0, 0.05) is 46.5 Å². The summed E-state index contributed by atoms with van der Waals surface area (Å²) >= 11 is 0. The smallest absolute Gasteiger partial charge is 0.328 e. The van der Waals surface area contributed by atoms with Crippen LogP contribution in [0.3, 0.4) is 0 Å². The van der Waals surface area contributed by atoms with E-state index in [1.54, 1.807) is 37.0 Å². The van der Waals surface area contributed by atoms with Gasteiger partial charge in [-0.1, -0.05) is 6.07 Å². The standard InChI is InChI=1S/C25H26N6O4/c1-28-19(15-20-23(28)24(33)27-25(34)29(20)2)17-6-8-18(9-7-17)35-16-22(32)31-13-11-30(12-14-31)21-5-3-4-10-26-21/h3-10,15H,11-14,16H2,1-2H3,(H,27,33,34). The molecule has 0 radical (unpaired) electrons. The Kier molecular flexibility index (Phi) is 5.86. The predicted molar refractivity (Wildman–Crippen MR) is 133 cm³/mol. The van der Waals surface area contributed by atoms with Crippen LogP contribution < -0.4 is 20.9 Å². The van der Waals surface area contributed by atoms with Crippen molar-refractivity contribution in [2.45, 2.75) is 0 Å². The second-order valence-corrected chi connectivity index (χ2v) is 8.51. The Balaban J connectivity index is 1.22. The Morgan fingerprint density at radius 2 is 1.74 bits per heavy atom. The number of nitrogens with zero attached hydrogens (tertiary/aromatic N) is 5. The van der Waals surface area contributed by atoms with Crippen LogP contribution in [-0.4, -0.2) is 62.7 Å². The fourth-order valence-electron chi connectivity index (χ4n) is 4.42. The monoisotopic (exact) mass is 474 g/mol. The minimum atomic E-state index is -0.453. The number of piperazine rings is 1.